The molecule has 0 unspecified atom stereocenters. The van der Waals surface area contributed by atoms with Crippen LogP contribution in [0.25, 0.3) is 0 Å². The van der Waals surface area contributed by atoms with Crippen molar-refractivity contribution >= 4 is 39.1 Å². The Morgan fingerprint density at radius 2 is 1.69 bits per heavy atom. The van der Waals surface area contributed by atoms with Gasteiger partial charge in [-0.15, -0.1) is 11.8 Å². The van der Waals surface area contributed by atoms with Crippen LogP contribution >= 0.6 is 23.4 Å². The number of carbonyl (C=O) groups excluding carboxylic acids is 1. The average molecular weight is 412 g/mol. The van der Waals surface area contributed by atoms with Crippen LogP contribution in [0.2, 0.25) is 5.02 Å². The number of amides is 1. The van der Waals surface area contributed by atoms with Gasteiger partial charge < -0.3 is 5.32 Å². The van der Waals surface area contributed by atoms with Crippen molar-refractivity contribution in [2.75, 3.05) is 6.26 Å². The number of carbonyl (C=O) groups is 1. The first-order valence-electron chi connectivity index (χ1n) is 8.23. The van der Waals surface area contributed by atoms with Crippen molar-refractivity contribution in [1.29, 1.82) is 0 Å². The highest BCUT2D eigenvalue weighted by Gasteiger charge is 2.20. The molecule has 26 heavy (non-hydrogen) atoms. The second kappa shape index (κ2) is 8.93. The fourth-order valence-electron chi connectivity index (χ4n) is 2.39. The van der Waals surface area contributed by atoms with Crippen molar-refractivity contribution in [2.24, 2.45) is 0 Å². The molecule has 2 aromatic carbocycles. The van der Waals surface area contributed by atoms with E-state index in [-0.39, 0.29) is 22.1 Å². The molecule has 0 aliphatic heterocycles. The van der Waals surface area contributed by atoms with Crippen LogP contribution in [0.5, 0.6) is 0 Å². The highest BCUT2D eigenvalue weighted by atomic mass is 35.5. The molecule has 2 atom stereocenters. The Kier molecular flexibility index (Phi) is 7.15. The maximum absolute atomic E-state index is 12.6. The lowest BCUT2D eigenvalue weighted by atomic mass is 10.1. The second-order valence-electron chi connectivity index (χ2n) is 6.04. The number of benzene rings is 2. The van der Waals surface area contributed by atoms with Crippen molar-refractivity contribution in [2.45, 2.75) is 41.4 Å². The molecule has 0 fully saturated rings. The summed E-state index contributed by atoms with van der Waals surface area (Å²) in [5, 5.41) is 3.45. The molecule has 0 aliphatic carbocycles. The quantitative estimate of drug-likeness (QED) is 0.681. The first-order valence-corrected chi connectivity index (χ1v) is 11.4. The van der Waals surface area contributed by atoms with Crippen LogP contribution in [0.3, 0.4) is 0 Å². The molecule has 0 saturated heterocycles. The molecule has 0 saturated carbocycles. The van der Waals surface area contributed by atoms with Crippen LogP contribution in [0.15, 0.2) is 58.3 Å². The van der Waals surface area contributed by atoms with Gasteiger partial charge in [-0.3, -0.25) is 4.79 Å². The lowest BCUT2D eigenvalue weighted by Gasteiger charge is -2.19. The largest absolute Gasteiger partial charge is 0.349 e. The minimum atomic E-state index is -3.22. The minimum absolute atomic E-state index is 0.0489. The molecular formula is C19H22ClNO3S2. The van der Waals surface area contributed by atoms with Gasteiger partial charge in [0, 0.05) is 16.2 Å². The minimum Gasteiger partial charge on any atom is -0.349 e. The lowest BCUT2D eigenvalue weighted by Crippen LogP contribution is -2.34. The van der Waals surface area contributed by atoms with Crippen LogP contribution in [0.1, 0.15) is 31.9 Å². The zero-order valence-electron chi connectivity index (χ0n) is 14.9. The first-order chi connectivity index (χ1) is 12.2. The summed E-state index contributed by atoms with van der Waals surface area (Å²) in [5.41, 5.74) is 0.858. The highest BCUT2D eigenvalue weighted by molar-refractivity contribution is 8.00. The van der Waals surface area contributed by atoms with E-state index in [4.69, 9.17) is 11.6 Å². The molecule has 1 N–H and O–H groups in total. The first kappa shape index (κ1) is 20.8. The van der Waals surface area contributed by atoms with Crippen molar-refractivity contribution in [3.63, 3.8) is 0 Å². The fourth-order valence-corrected chi connectivity index (χ4v) is 4.11. The Bertz CT molecular complexity index is 849. The van der Waals surface area contributed by atoms with Crippen molar-refractivity contribution in [3.8, 4) is 0 Å². The van der Waals surface area contributed by atoms with Gasteiger partial charge in [-0.05, 0) is 55.3 Å². The third-order valence-electron chi connectivity index (χ3n) is 3.92. The van der Waals surface area contributed by atoms with Gasteiger partial charge >= 0.3 is 0 Å². The Hall–Kier alpha value is -1.50. The zero-order chi connectivity index (χ0) is 19.3. The smallest absolute Gasteiger partial charge is 0.233 e. The van der Waals surface area contributed by atoms with E-state index in [2.05, 4.69) is 5.32 Å². The van der Waals surface area contributed by atoms with Gasteiger partial charge in [0.2, 0.25) is 5.91 Å². The molecule has 0 aliphatic rings. The number of halogens is 1. The number of hydrogen-bond donors (Lipinski definition) is 1. The van der Waals surface area contributed by atoms with E-state index in [1.807, 2.05) is 26.0 Å². The van der Waals surface area contributed by atoms with Crippen molar-refractivity contribution in [1.82, 2.24) is 5.32 Å². The Balaban J connectivity index is 2.03. The monoisotopic (exact) mass is 411 g/mol. The van der Waals surface area contributed by atoms with E-state index >= 15 is 0 Å². The van der Waals surface area contributed by atoms with Gasteiger partial charge in [-0.2, -0.15) is 0 Å². The van der Waals surface area contributed by atoms with Crippen LogP contribution in [0, 0.1) is 0 Å². The van der Waals surface area contributed by atoms with Gasteiger partial charge in [0.25, 0.3) is 0 Å². The maximum Gasteiger partial charge on any atom is 0.233 e. The standard InChI is InChI=1S/C19H22ClNO3S2/c1-4-18(25-16-9-7-15(20)8-10-16)19(22)21-13(2)14-5-11-17(12-6-14)26(3,23)24/h5-13,18H,4H2,1-3H3,(H,21,22)/t13-,18-/m0/s1. The normalized spacial score (nSPS) is 13.8. The van der Waals surface area contributed by atoms with Crippen LogP contribution < -0.4 is 5.32 Å². The Morgan fingerprint density at radius 3 is 2.19 bits per heavy atom. The number of sulfone groups is 1. The number of nitrogens with one attached hydrogen (secondary N) is 1. The van der Waals surface area contributed by atoms with Gasteiger partial charge in [0.1, 0.15) is 0 Å². The summed E-state index contributed by atoms with van der Waals surface area (Å²) in [6.45, 7) is 3.85. The third kappa shape index (κ3) is 5.76. The molecule has 2 rings (SSSR count). The van der Waals surface area contributed by atoms with Crippen molar-refractivity contribution in [3.05, 3.63) is 59.1 Å². The predicted molar refractivity (Wildman–Crippen MR) is 107 cm³/mol. The highest BCUT2D eigenvalue weighted by Crippen LogP contribution is 2.27. The molecular weight excluding hydrogens is 390 g/mol. The maximum atomic E-state index is 12.6. The second-order valence-corrected chi connectivity index (χ2v) is 9.77. The van der Waals surface area contributed by atoms with E-state index in [1.54, 1.807) is 36.4 Å². The van der Waals surface area contributed by atoms with E-state index in [9.17, 15) is 13.2 Å². The van der Waals surface area contributed by atoms with Crippen LogP contribution in [-0.4, -0.2) is 25.8 Å². The van der Waals surface area contributed by atoms with E-state index in [0.717, 1.165) is 10.5 Å². The molecule has 1 amide bonds. The summed E-state index contributed by atoms with van der Waals surface area (Å²) < 4.78 is 23.1. The number of hydrogen-bond acceptors (Lipinski definition) is 4. The summed E-state index contributed by atoms with van der Waals surface area (Å²) in [6, 6.07) is 13.8. The SMILES string of the molecule is CC[C@H](Sc1ccc(Cl)cc1)C(=O)N[C@@H](C)c1ccc(S(C)(=O)=O)cc1. The summed E-state index contributed by atoms with van der Waals surface area (Å²) in [4.78, 5) is 13.9. The summed E-state index contributed by atoms with van der Waals surface area (Å²) in [6.07, 6.45) is 1.87. The topological polar surface area (TPSA) is 63.2 Å². The van der Waals surface area contributed by atoms with Gasteiger partial charge in [-0.25, -0.2) is 8.42 Å². The van der Waals surface area contributed by atoms with E-state index < -0.39 is 9.84 Å². The predicted octanol–water partition coefficient (Wildman–Crippen LogP) is 4.49. The van der Waals surface area contributed by atoms with Gasteiger partial charge in [0.15, 0.2) is 9.84 Å². The molecule has 140 valence electrons. The molecule has 0 aromatic heterocycles. The van der Waals surface area contributed by atoms with Crippen molar-refractivity contribution < 1.29 is 13.2 Å². The average Bonchev–Trinajstić information content (AvgIpc) is 2.60. The third-order valence-corrected chi connectivity index (χ3v) is 6.68. The molecule has 4 nitrogen and oxygen atoms in total. The van der Waals surface area contributed by atoms with Gasteiger partial charge in [0.05, 0.1) is 16.2 Å². The van der Waals surface area contributed by atoms with Crippen LogP contribution in [-0.2, 0) is 14.6 Å². The summed E-state index contributed by atoms with van der Waals surface area (Å²) in [5.74, 6) is -0.0489. The van der Waals surface area contributed by atoms with E-state index in [1.165, 1.54) is 18.0 Å². The molecule has 0 bridgehead atoms. The molecule has 0 radical (unpaired) electrons. The molecule has 0 heterocycles. The van der Waals surface area contributed by atoms with Gasteiger partial charge in [-0.1, -0.05) is 30.7 Å². The lowest BCUT2D eigenvalue weighted by molar-refractivity contribution is -0.121. The molecule has 0 spiro atoms. The number of rotatable bonds is 7. The Morgan fingerprint density at radius 1 is 1.12 bits per heavy atom. The summed E-state index contributed by atoms with van der Waals surface area (Å²) in [7, 11) is -3.22. The molecule has 7 heteroatoms. The van der Waals surface area contributed by atoms with E-state index in [0.29, 0.717) is 11.4 Å². The Labute approximate surface area is 164 Å². The fraction of sp³-hybridized carbons (Fsp3) is 0.316. The zero-order valence-corrected chi connectivity index (χ0v) is 17.3. The number of thioether (sulfide) groups is 1. The van der Waals surface area contributed by atoms with Crippen LogP contribution in [0.4, 0.5) is 0 Å². The molecule has 2 aromatic rings. The summed E-state index contributed by atoms with van der Waals surface area (Å²) >= 11 is 7.39.